The molecule has 0 aliphatic heterocycles. The Labute approximate surface area is 115 Å². The Hall–Kier alpha value is -1.51. The van der Waals surface area contributed by atoms with Crippen molar-refractivity contribution in [1.29, 1.82) is 0 Å². The van der Waals surface area contributed by atoms with E-state index in [1.54, 1.807) is 12.0 Å². The minimum absolute atomic E-state index is 0.121. The van der Waals surface area contributed by atoms with Gasteiger partial charge in [0.2, 0.25) is 5.91 Å². The fourth-order valence-corrected chi connectivity index (χ4v) is 3.03. The number of ether oxygens (including phenoxy) is 1. The van der Waals surface area contributed by atoms with Crippen molar-refractivity contribution < 1.29 is 9.53 Å². The zero-order chi connectivity index (χ0) is 13.8. The predicted octanol–water partition coefficient (Wildman–Crippen LogP) is 3.06. The quantitative estimate of drug-likeness (QED) is 0.837. The van der Waals surface area contributed by atoms with E-state index < -0.39 is 0 Å². The summed E-state index contributed by atoms with van der Waals surface area (Å²) < 4.78 is 5.29. The summed E-state index contributed by atoms with van der Waals surface area (Å²) >= 11 is 0. The maximum Gasteiger partial charge on any atom is 0.225 e. The van der Waals surface area contributed by atoms with Gasteiger partial charge >= 0.3 is 0 Å². The van der Waals surface area contributed by atoms with E-state index in [-0.39, 0.29) is 11.8 Å². The van der Waals surface area contributed by atoms with Gasteiger partial charge in [0.05, 0.1) is 7.11 Å². The molecule has 1 fully saturated rings. The second-order valence-corrected chi connectivity index (χ2v) is 5.51. The molecule has 1 amide bonds. The highest BCUT2D eigenvalue weighted by molar-refractivity contribution is 5.79. The van der Waals surface area contributed by atoms with E-state index in [2.05, 4.69) is 12.1 Å². The van der Waals surface area contributed by atoms with Gasteiger partial charge in [-0.15, -0.1) is 0 Å². The van der Waals surface area contributed by atoms with E-state index in [1.165, 1.54) is 12.0 Å². The van der Waals surface area contributed by atoms with E-state index in [0.29, 0.717) is 5.92 Å². The van der Waals surface area contributed by atoms with Crippen molar-refractivity contribution in [3.63, 3.8) is 0 Å². The Bertz CT molecular complexity index is 442. The topological polar surface area (TPSA) is 29.5 Å². The largest absolute Gasteiger partial charge is 0.497 e. The van der Waals surface area contributed by atoms with Crippen LogP contribution in [-0.2, 0) is 4.79 Å². The molecule has 3 heteroatoms. The second-order valence-electron chi connectivity index (χ2n) is 5.51. The number of carbonyl (C=O) groups excluding carboxylic acids is 1. The van der Waals surface area contributed by atoms with Gasteiger partial charge in [0, 0.05) is 20.0 Å². The van der Waals surface area contributed by atoms with Crippen LogP contribution in [-0.4, -0.2) is 32.0 Å². The first-order valence-electron chi connectivity index (χ1n) is 6.98. The van der Waals surface area contributed by atoms with E-state index >= 15 is 0 Å². The molecule has 1 saturated carbocycles. The summed E-state index contributed by atoms with van der Waals surface area (Å²) in [6.45, 7) is 0. The average Bonchev–Trinajstić information content (AvgIpc) is 2.46. The van der Waals surface area contributed by atoms with Gasteiger partial charge < -0.3 is 9.64 Å². The van der Waals surface area contributed by atoms with Gasteiger partial charge in [-0.05, 0) is 36.5 Å². The van der Waals surface area contributed by atoms with Crippen molar-refractivity contribution in [2.24, 2.45) is 5.92 Å². The van der Waals surface area contributed by atoms with Crippen LogP contribution in [0.25, 0.3) is 0 Å². The number of nitrogens with zero attached hydrogens (tertiary/aromatic N) is 1. The summed E-state index contributed by atoms with van der Waals surface area (Å²) in [6, 6.07) is 8.16. The number of hydrogen-bond acceptors (Lipinski definition) is 2. The number of carbonyl (C=O) groups is 1. The number of amides is 1. The Morgan fingerprint density at radius 3 is 2.68 bits per heavy atom. The summed E-state index contributed by atoms with van der Waals surface area (Å²) in [5.41, 5.74) is 1.24. The molecule has 0 aromatic heterocycles. The molecular formula is C16H23NO2. The second kappa shape index (κ2) is 6.09. The van der Waals surface area contributed by atoms with Crippen LogP contribution in [0.15, 0.2) is 24.3 Å². The molecule has 19 heavy (non-hydrogen) atoms. The highest BCUT2D eigenvalue weighted by Gasteiger charge is 2.32. The van der Waals surface area contributed by atoms with Crippen LogP contribution < -0.4 is 4.74 Å². The molecule has 1 aliphatic carbocycles. The van der Waals surface area contributed by atoms with E-state index in [9.17, 15) is 4.79 Å². The van der Waals surface area contributed by atoms with Crippen molar-refractivity contribution in [2.45, 2.75) is 31.6 Å². The third-order valence-corrected chi connectivity index (χ3v) is 4.05. The van der Waals surface area contributed by atoms with Gasteiger partial charge in [-0.1, -0.05) is 25.0 Å². The lowest BCUT2D eigenvalue weighted by molar-refractivity contribution is -0.134. The molecule has 0 saturated heterocycles. The normalized spacial score (nSPS) is 22.9. The zero-order valence-electron chi connectivity index (χ0n) is 12.1. The van der Waals surface area contributed by atoms with Crippen LogP contribution >= 0.6 is 0 Å². The third-order valence-electron chi connectivity index (χ3n) is 4.05. The fourth-order valence-electron chi connectivity index (χ4n) is 3.03. The summed E-state index contributed by atoms with van der Waals surface area (Å²) in [7, 11) is 5.38. The molecule has 0 heterocycles. The Morgan fingerprint density at radius 1 is 1.26 bits per heavy atom. The van der Waals surface area contributed by atoms with Crippen molar-refractivity contribution in [3.05, 3.63) is 29.8 Å². The van der Waals surface area contributed by atoms with Gasteiger partial charge in [0.25, 0.3) is 0 Å². The van der Waals surface area contributed by atoms with Gasteiger partial charge in [-0.3, -0.25) is 4.79 Å². The first-order chi connectivity index (χ1) is 9.13. The number of methoxy groups -OCH3 is 1. The Balaban J connectivity index is 2.25. The summed E-state index contributed by atoms with van der Waals surface area (Å²) in [6.07, 6.45) is 4.46. The molecule has 1 aromatic rings. The molecule has 3 nitrogen and oxygen atoms in total. The number of hydrogen-bond donors (Lipinski definition) is 0. The Morgan fingerprint density at radius 2 is 2.00 bits per heavy atom. The highest BCUT2D eigenvalue weighted by Crippen LogP contribution is 2.39. The average molecular weight is 261 g/mol. The van der Waals surface area contributed by atoms with Crippen LogP contribution in [0, 0.1) is 5.92 Å². The lowest BCUT2D eigenvalue weighted by Crippen LogP contribution is -2.35. The Kier molecular flexibility index (Phi) is 4.46. The first kappa shape index (κ1) is 13.9. The maximum atomic E-state index is 12.3. The molecule has 104 valence electrons. The van der Waals surface area contributed by atoms with Crippen molar-refractivity contribution in [1.82, 2.24) is 4.90 Å². The molecule has 0 unspecified atom stereocenters. The van der Waals surface area contributed by atoms with Crippen LogP contribution in [0.3, 0.4) is 0 Å². The zero-order valence-corrected chi connectivity index (χ0v) is 12.1. The summed E-state index contributed by atoms with van der Waals surface area (Å²) in [5, 5.41) is 0. The molecule has 1 aromatic carbocycles. The van der Waals surface area contributed by atoms with Crippen LogP contribution in [0.4, 0.5) is 0 Å². The van der Waals surface area contributed by atoms with Gasteiger partial charge in [-0.2, -0.15) is 0 Å². The van der Waals surface area contributed by atoms with Crippen LogP contribution in [0.2, 0.25) is 0 Å². The molecule has 0 spiro atoms. The van der Waals surface area contributed by atoms with Crippen molar-refractivity contribution >= 4 is 5.91 Å². The first-order valence-corrected chi connectivity index (χ1v) is 6.98. The third kappa shape index (κ3) is 3.09. The number of benzene rings is 1. The smallest absolute Gasteiger partial charge is 0.225 e. The molecule has 0 radical (unpaired) electrons. The summed E-state index contributed by atoms with van der Waals surface area (Å²) in [4.78, 5) is 14.1. The molecular weight excluding hydrogens is 238 g/mol. The molecule has 2 rings (SSSR count). The lowest BCUT2D eigenvalue weighted by atomic mass is 9.75. The lowest BCUT2D eigenvalue weighted by Gasteiger charge is -2.32. The van der Waals surface area contributed by atoms with Gasteiger partial charge in [0.15, 0.2) is 0 Å². The number of rotatable bonds is 3. The minimum atomic E-state index is 0.121. The van der Waals surface area contributed by atoms with E-state index in [0.717, 1.165) is 25.0 Å². The molecule has 2 atom stereocenters. The predicted molar refractivity (Wildman–Crippen MR) is 76.4 cm³/mol. The molecule has 0 bridgehead atoms. The standard InChI is InChI=1S/C16H23NO2/c1-17(2)16(18)15-10-5-4-9-14(15)12-7-6-8-13(11-12)19-3/h6-8,11,14-15H,4-5,9-10H2,1-3H3/t14-,15-/m0/s1. The van der Waals surface area contributed by atoms with Gasteiger partial charge in [0.1, 0.15) is 5.75 Å². The molecule has 0 N–H and O–H groups in total. The van der Waals surface area contributed by atoms with Crippen LogP contribution in [0.5, 0.6) is 5.75 Å². The SMILES string of the molecule is COc1cccc([C@@H]2CCCC[C@@H]2C(=O)N(C)C)c1. The van der Waals surface area contributed by atoms with Crippen LogP contribution in [0.1, 0.15) is 37.2 Å². The fraction of sp³-hybridized carbons (Fsp3) is 0.562. The molecule has 1 aliphatic rings. The van der Waals surface area contributed by atoms with E-state index in [4.69, 9.17) is 4.74 Å². The van der Waals surface area contributed by atoms with Gasteiger partial charge in [-0.25, -0.2) is 0 Å². The minimum Gasteiger partial charge on any atom is -0.497 e. The highest BCUT2D eigenvalue weighted by atomic mass is 16.5. The summed E-state index contributed by atoms with van der Waals surface area (Å²) in [5.74, 6) is 1.58. The monoisotopic (exact) mass is 261 g/mol. The maximum absolute atomic E-state index is 12.3. The van der Waals surface area contributed by atoms with Crippen molar-refractivity contribution in [2.75, 3.05) is 21.2 Å². The van der Waals surface area contributed by atoms with Crippen molar-refractivity contribution in [3.8, 4) is 5.75 Å². The van der Waals surface area contributed by atoms with E-state index in [1.807, 2.05) is 26.2 Å².